The molecule has 0 bridgehead atoms. The Hall–Kier alpha value is -2.40. The van der Waals surface area contributed by atoms with Gasteiger partial charge in [0.1, 0.15) is 24.9 Å². The number of rotatable bonds is 2. The lowest BCUT2D eigenvalue weighted by Gasteiger charge is -2.12. The smallest absolute Gasteiger partial charge is 0.147 e. The number of hydrogen-bond donors (Lipinski definition) is 1. The molecule has 1 aromatic heterocycles. The van der Waals surface area contributed by atoms with E-state index in [-0.39, 0.29) is 0 Å². The van der Waals surface area contributed by atoms with E-state index in [2.05, 4.69) is 34.0 Å². The lowest BCUT2D eigenvalue weighted by Crippen LogP contribution is -2.20. The maximum atomic E-state index is 12.7. The van der Waals surface area contributed by atoms with Crippen molar-refractivity contribution in [2.24, 2.45) is 0 Å². The number of ether oxygens (including phenoxy) is 1. The zero-order valence-electron chi connectivity index (χ0n) is 13.0. The predicted molar refractivity (Wildman–Crippen MR) is 88.2 cm³/mol. The number of imidazole rings is 1. The van der Waals surface area contributed by atoms with Gasteiger partial charge in [-0.2, -0.15) is 0 Å². The number of nitrogens with zero attached hydrogens (tertiary/aromatic N) is 2. The van der Waals surface area contributed by atoms with Crippen LogP contribution in [0.1, 0.15) is 11.4 Å². The van der Waals surface area contributed by atoms with Gasteiger partial charge in [0.2, 0.25) is 0 Å². The van der Waals surface area contributed by atoms with Gasteiger partial charge < -0.3 is 9.72 Å². The van der Waals surface area contributed by atoms with E-state index < -0.39 is 6.67 Å². The van der Waals surface area contributed by atoms with Crippen LogP contribution in [-0.2, 0) is 13.2 Å². The van der Waals surface area contributed by atoms with Gasteiger partial charge in [-0.25, -0.2) is 9.37 Å². The summed E-state index contributed by atoms with van der Waals surface area (Å²) < 4.78 is 18.5. The van der Waals surface area contributed by atoms with Crippen LogP contribution in [0, 0.1) is 0 Å². The Morgan fingerprint density at radius 3 is 2.91 bits per heavy atom. The molecule has 0 amide bonds. The summed E-state index contributed by atoms with van der Waals surface area (Å²) in [6.45, 7) is 1.94. The standard InChI is InChI=1S/C18H18FN3O/c1-22-6-7-23-17-5-3-12(8-14(17)11-22)13-2-4-15-16(9-13)21-18(10-19)20-15/h2-5,8-9H,6-7,10-11H2,1H3,(H,20,21). The molecule has 0 unspecified atom stereocenters. The Balaban J connectivity index is 1.75. The molecule has 23 heavy (non-hydrogen) atoms. The third kappa shape index (κ3) is 2.68. The average Bonchev–Trinajstić information content (AvgIpc) is 2.88. The molecular weight excluding hydrogens is 293 g/mol. The lowest BCUT2D eigenvalue weighted by molar-refractivity contribution is 0.259. The highest BCUT2D eigenvalue weighted by Gasteiger charge is 2.13. The first-order valence-electron chi connectivity index (χ1n) is 7.72. The van der Waals surface area contributed by atoms with Crippen LogP contribution in [0.25, 0.3) is 22.2 Å². The van der Waals surface area contributed by atoms with Crippen molar-refractivity contribution in [3.05, 3.63) is 47.8 Å². The van der Waals surface area contributed by atoms with E-state index in [9.17, 15) is 4.39 Å². The summed E-state index contributed by atoms with van der Waals surface area (Å²) >= 11 is 0. The normalized spacial score (nSPS) is 15.2. The predicted octanol–water partition coefficient (Wildman–Crippen LogP) is 3.52. The second-order valence-electron chi connectivity index (χ2n) is 5.96. The van der Waals surface area contributed by atoms with Crippen LogP contribution in [0.3, 0.4) is 0 Å². The molecule has 0 saturated heterocycles. The number of hydrogen-bond acceptors (Lipinski definition) is 3. The molecule has 1 aliphatic rings. The molecule has 4 rings (SSSR count). The molecule has 0 aliphatic carbocycles. The molecule has 4 nitrogen and oxygen atoms in total. The van der Waals surface area contributed by atoms with Gasteiger partial charge in [0.05, 0.1) is 11.0 Å². The molecule has 118 valence electrons. The van der Waals surface area contributed by atoms with E-state index in [1.54, 1.807) is 0 Å². The summed E-state index contributed by atoms with van der Waals surface area (Å²) in [5.74, 6) is 1.33. The topological polar surface area (TPSA) is 41.1 Å². The number of aromatic amines is 1. The number of benzene rings is 2. The highest BCUT2D eigenvalue weighted by molar-refractivity contribution is 5.82. The fourth-order valence-corrected chi connectivity index (χ4v) is 3.01. The molecule has 3 aromatic rings. The monoisotopic (exact) mass is 311 g/mol. The van der Waals surface area contributed by atoms with E-state index >= 15 is 0 Å². The van der Waals surface area contributed by atoms with Crippen LogP contribution in [0.2, 0.25) is 0 Å². The van der Waals surface area contributed by atoms with Gasteiger partial charge in [-0.3, -0.25) is 4.90 Å². The SMILES string of the molecule is CN1CCOc2ccc(-c3ccc4nc(CF)[nH]c4c3)cc2C1. The van der Waals surface area contributed by atoms with Crippen LogP contribution >= 0.6 is 0 Å². The fraction of sp³-hybridized carbons (Fsp3) is 0.278. The minimum Gasteiger partial charge on any atom is -0.492 e. The highest BCUT2D eigenvalue weighted by atomic mass is 19.1. The van der Waals surface area contributed by atoms with Gasteiger partial charge in [0.15, 0.2) is 0 Å². The first kappa shape index (κ1) is 14.2. The summed E-state index contributed by atoms with van der Waals surface area (Å²) in [4.78, 5) is 9.47. The minimum atomic E-state index is -0.577. The molecule has 1 N–H and O–H groups in total. The molecule has 0 spiro atoms. The van der Waals surface area contributed by atoms with Crippen LogP contribution in [0.15, 0.2) is 36.4 Å². The Morgan fingerprint density at radius 2 is 2.04 bits per heavy atom. The van der Waals surface area contributed by atoms with Crippen molar-refractivity contribution in [2.45, 2.75) is 13.2 Å². The Labute approximate surface area is 133 Å². The third-order valence-electron chi connectivity index (χ3n) is 4.22. The average molecular weight is 311 g/mol. The first-order chi connectivity index (χ1) is 11.2. The lowest BCUT2D eigenvalue weighted by atomic mass is 10.0. The van der Waals surface area contributed by atoms with Crippen LogP contribution in [-0.4, -0.2) is 35.1 Å². The van der Waals surface area contributed by atoms with Gasteiger partial charge in [-0.15, -0.1) is 0 Å². The Bertz CT molecular complexity index is 859. The zero-order valence-corrected chi connectivity index (χ0v) is 13.0. The van der Waals surface area contributed by atoms with Crippen molar-refractivity contribution in [1.29, 1.82) is 0 Å². The summed E-state index contributed by atoms with van der Waals surface area (Å²) in [5, 5.41) is 0. The van der Waals surface area contributed by atoms with Gasteiger partial charge in [-0.1, -0.05) is 12.1 Å². The largest absolute Gasteiger partial charge is 0.492 e. The van der Waals surface area contributed by atoms with Crippen molar-refractivity contribution < 1.29 is 9.13 Å². The Kier molecular flexibility index (Phi) is 3.50. The highest BCUT2D eigenvalue weighted by Crippen LogP contribution is 2.30. The molecular formula is C18H18FN3O. The van der Waals surface area contributed by atoms with Gasteiger partial charge >= 0.3 is 0 Å². The van der Waals surface area contributed by atoms with Crippen molar-refractivity contribution in [2.75, 3.05) is 20.2 Å². The van der Waals surface area contributed by atoms with E-state index in [4.69, 9.17) is 4.74 Å². The molecule has 2 heterocycles. The molecule has 5 heteroatoms. The molecule has 0 fully saturated rings. The van der Waals surface area contributed by atoms with Gasteiger partial charge in [-0.05, 0) is 42.4 Å². The van der Waals surface area contributed by atoms with Gasteiger partial charge in [0, 0.05) is 18.7 Å². The maximum absolute atomic E-state index is 12.7. The number of H-pyrrole nitrogens is 1. The second kappa shape index (κ2) is 5.66. The van der Waals surface area contributed by atoms with E-state index in [1.807, 2.05) is 24.3 Å². The second-order valence-corrected chi connectivity index (χ2v) is 5.96. The van der Waals surface area contributed by atoms with Gasteiger partial charge in [0.25, 0.3) is 0 Å². The van der Waals surface area contributed by atoms with E-state index in [0.717, 1.165) is 47.6 Å². The number of likely N-dealkylation sites (N-methyl/N-ethyl adjacent to an activating group) is 1. The number of fused-ring (bicyclic) bond motifs is 2. The number of nitrogens with one attached hydrogen (secondary N) is 1. The molecule has 0 radical (unpaired) electrons. The molecule has 1 aliphatic heterocycles. The van der Waals surface area contributed by atoms with Crippen LogP contribution < -0.4 is 4.74 Å². The Morgan fingerprint density at radius 1 is 1.22 bits per heavy atom. The van der Waals surface area contributed by atoms with E-state index in [0.29, 0.717) is 5.82 Å². The van der Waals surface area contributed by atoms with Crippen molar-refractivity contribution in [3.8, 4) is 16.9 Å². The molecule has 0 saturated carbocycles. The number of alkyl halides is 1. The summed E-state index contributed by atoms with van der Waals surface area (Å²) in [6.07, 6.45) is 0. The van der Waals surface area contributed by atoms with Crippen molar-refractivity contribution >= 4 is 11.0 Å². The van der Waals surface area contributed by atoms with Crippen LogP contribution in [0.5, 0.6) is 5.75 Å². The first-order valence-corrected chi connectivity index (χ1v) is 7.72. The fourth-order valence-electron chi connectivity index (χ4n) is 3.01. The quantitative estimate of drug-likeness (QED) is 0.787. The zero-order chi connectivity index (χ0) is 15.8. The summed E-state index contributed by atoms with van der Waals surface area (Å²) in [6, 6.07) is 12.2. The third-order valence-corrected chi connectivity index (χ3v) is 4.22. The van der Waals surface area contributed by atoms with Crippen LogP contribution in [0.4, 0.5) is 4.39 Å². The molecule has 2 aromatic carbocycles. The maximum Gasteiger partial charge on any atom is 0.147 e. The summed E-state index contributed by atoms with van der Waals surface area (Å²) in [7, 11) is 2.10. The number of aromatic nitrogens is 2. The van der Waals surface area contributed by atoms with Crippen molar-refractivity contribution in [3.63, 3.8) is 0 Å². The molecule has 0 atom stereocenters. The summed E-state index contributed by atoms with van der Waals surface area (Å²) in [5.41, 5.74) is 5.05. The minimum absolute atomic E-state index is 0.370. The van der Waals surface area contributed by atoms with E-state index in [1.165, 1.54) is 5.56 Å². The number of halogens is 1. The van der Waals surface area contributed by atoms with Crippen molar-refractivity contribution in [1.82, 2.24) is 14.9 Å².